The lowest BCUT2D eigenvalue weighted by Crippen LogP contribution is -2.27. The summed E-state index contributed by atoms with van der Waals surface area (Å²) in [6.07, 6.45) is 11.7. The zero-order chi connectivity index (χ0) is 18.6. The average Bonchev–Trinajstić information content (AvgIpc) is 2.67. The van der Waals surface area contributed by atoms with Gasteiger partial charge in [0.05, 0.1) is 11.3 Å². The molecule has 0 unspecified atom stereocenters. The van der Waals surface area contributed by atoms with Crippen molar-refractivity contribution in [2.24, 2.45) is 0 Å². The first-order valence-electron chi connectivity index (χ1n) is 9.51. The molecule has 26 heavy (non-hydrogen) atoms. The molecule has 0 spiro atoms. The molecular formula is C20H29N3O2S. The largest absolute Gasteiger partial charge is 0.355 e. The first-order chi connectivity index (χ1) is 12.7. The third-order valence-electron chi connectivity index (χ3n) is 4.32. The number of hydrogen-bond donors (Lipinski definition) is 2. The number of unbranched alkanes of at least 4 members (excludes halogenated alkanes) is 1. The van der Waals surface area contributed by atoms with Gasteiger partial charge in [0.15, 0.2) is 0 Å². The summed E-state index contributed by atoms with van der Waals surface area (Å²) in [6.45, 7) is 3.42. The Balaban J connectivity index is 1.81. The molecular weight excluding hydrogens is 346 g/mol. The number of amides is 2. The summed E-state index contributed by atoms with van der Waals surface area (Å²) in [4.78, 5) is 28.6. The minimum atomic E-state index is -0.122. The molecule has 1 aliphatic rings. The van der Waals surface area contributed by atoms with Crippen LogP contribution in [0.3, 0.4) is 0 Å². The summed E-state index contributed by atoms with van der Waals surface area (Å²) in [5.41, 5.74) is 1.98. The lowest BCUT2D eigenvalue weighted by atomic mass is 9.97. The van der Waals surface area contributed by atoms with Crippen LogP contribution in [-0.2, 0) is 4.79 Å². The molecule has 6 heteroatoms. The van der Waals surface area contributed by atoms with Crippen molar-refractivity contribution < 1.29 is 9.59 Å². The molecule has 2 rings (SSSR count). The van der Waals surface area contributed by atoms with Crippen molar-refractivity contribution in [2.45, 2.75) is 56.9 Å². The van der Waals surface area contributed by atoms with Crippen LogP contribution in [0.25, 0.3) is 0 Å². The van der Waals surface area contributed by atoms with Crippen molar-refractivity contribution >= 4 is 23.6 Å². The number of carbonyl (C=O) groups is 2. The van der Waals surface area contributed by atoms with Gasteiger partial charge in [-0.15, -0.1) is 0 Å². The van der Waals surface area contributed by atoms with E-state index in [0.717, 1.165) is 32.1 Å². The van der Waals surface area contributed by atoms with Gasteiger partial charge in [0, 0.05) is 19.3 Å². The lowest BCUT2D eigenvalue weighted by molar-refractivity contribution is -0.118. The molecule has 0 fully saturated rings. The fourth-order valence-corrected chi connectivity index (χ4v) is 3.65. The molecule has 0 aliphatic heterocycles. The van der Waals surface area contributed by atoms with Crippen molar-refractivity contribution in [2.75, 3.05) is 18.8 Å². The minimum Gasteiger partial charge on any atom is -0.355 e. The molecule has 0 radical (unpaired) electrons. The molecule has 1 heterocycles. The number of aromatic nitrogens is 1. The van der Waals surface area contributed by atoms with E-state index in [1.807, 2.05) is 0 Å². The highest BCUT2D eigenvalue weighted by molar-refractivity contribution is 8.00. The van der Waals surface area contributed by atoms with Gasteiger partial charge in [-0.3, -0.25) is 9.59 Å². The van der Waals surface area contributed by atoms with Crippen LogP contribution >= 0.6 is 11.8 Å². The molecule has 0 bridgehead atoms. The van der Waals surface area contributed by atoms with Gasteiger partial charge in [-0.05, 0) is 50.7 Å². The fourth-order valence-electron chi connectivity index (χ4n) is 2.83. The molecule has 0 aromatic carbocycles. The topological polar surface area (TPSA) is 71.1 Å². The Hall–Kier alpha value is -1.82. The van der Waals surface area contributed by atoms with Crippen molar-refractivity contribution in [3.05, 3.63) is 35.5 Å². The Bertz CT molecular complexity index is 631. The summed E-state index contributed by atoms with van der Waals surface area (Å²) in [5.74, 6) is 0.126. The molecule has 0 saturated carbocycles. The van der Waals surface area contributed by atoms with Gasteiger partial charge in [-0.1, -0.05) is 36.8 Å². The van der Waals surface area contributed by atoms with E-state index in [4.69, 9.17) is 0 Å². The number of pyridine rings is 1. The predicted octanol–water partition coefficient (Wildman–Crippen LogP) is 3.71. The maximum atomic E-state index is 12.5. The van der Waals surface area contributed by atoms with E-state index in [-0.39, 0.29) is 17.6 Å². The van der Waals surface area contributed by atoms with Crippen molar-refractivity contribution in [1.29, 1.82) is 0 Å². The third kappa shape index (κ3) is 7.20. The van der Waals surface area contributed by atoms with Gasteiger partial charge < -0.3 is 10.6 Å². The van der Waals surface area contributed by atoms with E-state index in [1.165, 1.54) is 30.2 Å². The van der Waals surface area contributed by atoms with Gasteiger partial charge in [0.25, 0.3) is 5.91 Å². The highest BCUT2D eigenvalue weighted by atomic mass is 32.2. The zero-order valence-corrected chi connectivity index (χ0v) is 16.4. The standard InChI is InChI=1S/C20H29N3O2S/c1-2-3-12-21-18(24)15-26-20-17(10-7-13-23-20)19(25)22-14-11-16-8-5-4-6-9-16/h7-8,10,13H,2-6,9,11-12,14-15H2,1H3,(H,21,24)(H,22,25). The first kappa shape index (κ1) is 20.5. The number of nitrogens with one attached hydrogen (secondary N) is 2. The third-order valence-corrected chi connectivity index (χ3v) is 5.33. The van der Waals surface area contributed by atoms with Crippen molar-refractivity contribution in [3.8, 4) is 0 Å². The Morgan fingerprint density at radius 3 is 2.88 bits per heavy atom. The number of allylic oxidation sites excluding steroid dienone is 1. The number of carbonyl (C=O) groups excluding carboxylic acids is 2. The Morgan fingerprint density at radius 1 is 1.23 bits per heavy atom. The van der Waals surface area contributed by atoms with Gasteiger partial charge >= 0.3 is 0 Å². The quantitative estimate of drug-likeness (QED) is 0.371. The SMILES string of the molecule is CCCCNC(=O)CSc1ncccc1C(=O)NCCC1=CCCCC1. The Labute approximate surface area is 160 Å². The molecule has 1 aromatic rings. The number of hydrogen-bond acceptors (Lipinski definition) is 4. The maximum absolute atomic E-state index is 12.5. The fraction of sp³-hybridized carbons (Fsp3) is 0.550. The Morgan fingerprint density at radius 2 is 2.12 bits per heavy atom. The predicted molar refractivity (Wildman–Crippen MR) is 106 cm³/mol. The second kappa shape index (κ2) is 11.7. The summed E-state index contributed by atoms with van der Waals surface area (Å²) < 4.78 is 0. The highest BCUT2D eigenvalue weighted by Gasteiger charge is 2.14. The minimum absolute atomic E-state index is 0.0234. The van der Waals surface area contributed by atoms with Crippen LogP contribution in [0.1, 0.15) is 62.2 Å². The molecule has 142 valence electrons. The molecule has 2 amide bonds. The molecule has 1 aromatic heterocycles. The summed E-state index contributed by atoms with van der Waals surface area (Å²) >= 11 is 1.31. The molecule has 2 N–H and O–H groups in total. The monoisotopic (exact) mass is 375 g/mol. The number of rotatable bonds is 10. The van der Waals surface area contributed by atoms with Crippen LogP contribution in [0, 0.1) is 0 Å². The normalized spacial score (nSPS) is 13.8. The van der Waals surface area contributed by atoms with E-state index in [0.29, 0.717) is 23.7 Å². The average molecular weight is 376 g/mol. The van der Waals surface area contributed by atoms with Crippen LogP contribution < -0.4 is 10.6 Å². The van der Waals surface area contributed by atoms with E-state index in [2.05, 4.69) is 28.6 Å². The smallest absolute Gasteiger partial charge is 0.254 e. The van der Waals surface area contributed by atoms with E-state index in [9.17, 15) is 9.59 Å². The second-order valence-electron chi connectivity index (χ2n) is 6.46. The van der Waals surface area contributed by atoms with Gasteiger partial charge in [-0.25, -0.2) is 4.98 Å². The molecule has 1 aliphatic carbocycles. The van der Waals surface area contributed by atoms with Crippen LogP contribution in [-0.4, -0.2) is 35.6 Å². The van der Waals surface area contributed by atoms with Crippen molar-refractivity contribution in [1.82, 2.24) is 15.6 Å². The van der Waals surface area contributed by atoms with Crippen molar-refractivity contribution in [3.63, 3.8) is 0 Å². The molecule has 5 nitrogen and oxygen atoms in total. The van der Waals surface area contributed by atoms with Crippen LogP contribution in [0.4, 0.5) is 0 Å². The number of thioether (sulfide) groups is 1. The molecule has 0 atom stereocenters. The highest BCUT2D eigenvalue weighted by Crippen LogP contribution is 2.21. The van der Waals surface area contributed by atoms with E-state index < -0.39 is 0 Å². The van der Waals surface area contributed by atoms with Gasteiger partial charge in [-0.2, -0.15) is 0 Å². The molecule has 0 saturated heterocycles. The summed E-state index contributed by atoms with van der Waals surface area (Å²) in [7, 11) is 0. The second-order valence-corrected chi connectivity index (χ2v) is 7.43. The summed E-state index contributed by atoms with van der Waals surface area (Å²) in [6, 6.07) is 3.52. The van der Waals surface area contributed by atoms with Crippen LogP contribution in [0.5, 0.6) is 0 Å². The lowest BCUT2D eigenvalue weighted by Gasteiger charge is -2.13. The Kier molecular flexibility index (Phi) is 9.24. The van der Waals surface area contributed by atoms with Crippen LogP contribution in [0.15, 0.2) is 35.0 Å². The van der Waals surface area contributed by atoms with E-state index in [1.54, 1.807) is 18.3 Å². The van der Waals surface area contributed by atoms with Gasteiger partial charge in [0.1, 0.15) is 5.03 Å². The maximum Gasteiger partial charge on any atom is 0.254 e. The zero-order valence-electron chi connectivity index (χ0n) is 15.6. The number of nitrogens with zero attached hydrogens (tertiary/aromatic N) is 1. The van der Waals surface area contributed by atoms with Crippen LogP contribution in [0.2, 0.25) is 0 Å². The van der Waals surface area contributed by atoms with Gasteiger partial charge in [0.2, 0.25) is 5.91 Å². The van der Waals surface area contributed by atoms with E-state index >= 15 is 0 Å². The first-order valence-corrected chi connectivity index (χ1v) is 10.5. The summed E-state index contributed by atoms with van der Waals surface area (Å²) in [5, 5.41) is 6.47.